The van der Waals surface area contributed by atoms with E-state index in [0.717, 1.165) is 11.1 Å². The van der Waals surface area contributed by atoms with Crippen LogP contribution in [-0.4, -0.2) is 29.9 Å². The Kier molecular flexibility index (Phi) is 4.45. The van der Waals surface area contributed by atoms with Crippen LogP contribution in [0.25, 0.3) is 0 Å². The number of methoxy groups -OCH3 is 1. The van der Waals surface area contributed by atoms with Gasteiger partial charge in [-0.2, -0.15) is 0 Å². The average molecular weight is 301 g/mol. The summed E-state index contributed by atoms with van der Waals surface area (Å²) in [5, 5.41) is 9.60. The van der Waals surface area contributed by atoms with Gasteiger partial charge in [0.2, 0.25) is 0 Å². The Balaban J connectivity index is 2.65. The minimum Gasteiger partial charge on any atom is -0.481 e. The minimum absolute atomic E-state index is 0.310. The highest BCUT2D eigenvalue weighted by atomic mass is 16.5. The molecule has 0 fully saturated rings. The fraction of sp³-hybridized carbons (Fsp3) is 0.353. The summed E-state index contributed by atoms with van der Waals surface area (Å²) >= 11 is 0. The van der Waals surface area contributed by atoms with Gasteiger partial charge in [0.15, 0.2) is 0 Å². The quantitative estimate of drug-likeness (QED) is 0.871. The summed E-state index contributed by atoms with van der Waals surface area (Å²) in [6, 6.07) is 7.51. The van der Waals surface area contributed by atoms with Gasteiger partial charge < -0.3 is 9.84 Å². The third-order valence-electron chi connectivity index (χ3n) is 3.94. The van der Waals surface area contributed by atoms with Crippen molar-refractivity contribution in [1.82, 2.24) is 0 Å². The van der Waals surface area contributed by atoms with E-state index >= 15 is 0 Å². The molecule has 1 aliphatic heterocycles. The first-order chi connectivity index (χ1) is 10.4. The molecule has 0 aromatic heterocycles. The molecule has 0 saturated carbocycles. The van der Waals surface area contributed by atoms with E-state index in [9.17, 15) is 14.7 Å². The highest BCUT2D eigenvalue weighted by Crippen LogP contribution is 2.39. The number of carbonyl (C=O) groups is 2. The Bertz CT molecular complexity index is 670. The van der Waals surface area contributed by atoms with Crippen LogP contribution in [0.2, 0.25) is 0 Å². The summed E-state index contributed by atoms with van der Waals surface area (Å²) in [5.41, 5.74) is 3.14. The molecular weight excluding hydrogens is 282 g/mol. The lowest BCUT2D eigenvalue weighted by molar-refractivity contribution is -0.140. The second-order valence-electron chi connectivity index (χ2n) is 5.45. The summed E-state index contributed by atoms with van der Waals surface area (Å²) in [5.74, 6) is -3.00. The first-order valence-corrected chi connectivity index (χ1v) is 7.00. The Morgan fingerprint density at radius 1 is 1.14 bits per heavy atom. The molecule has 0 aliphatic carbocycles. The number of allylic oxidation sites excluding steroid dienone is 1. The molecule has 0 amide bonds. The zero-order valence-electron chi connectivity index (χ0n) is 13.1. The zero-order valence-corrected chi connectivity index (χ0v) is 13.1. The fourth-order valence-electron chi connectivity index (χ4n) is 2.87. The topological polar surface area (TPSA) is 76.0 Å². The van der Waals surface area contributed by atoms with Crippen molar-refractivity contribution < 1.29 is 19.4 Å². The molecule has 1 aromatic carbocycles. The van der Waals surface area contributed by atoms with Gasteiger partial charge >= 0.3 is 11.9 Å². The zero-order chi connectivity index (χ0) is 16.4. The number of nitrogens with zero attached hydrogens (tertiary/aromatic N) is 1. The van der Waals surface area contributed by atoms with Crippen LogP contribution in [0.4, 0.5) is 0 Å². The van der Waals surface area contributed by atoms with Crippen molar-refractivity contribution in [3.05, 3.63) is 46.7 Å². The number of carboxylic acid groups (broad SMARTS) is 1. The SMILES string of the molecule is COC(=O)C1=C(C)N=C(C)C(C(=O)O)C1c1ccc(C)cc1. The van der Waals surface area contributed by atoms with Crippen LogP contribution < -0.4 is 0 Å². The molecule has 0 radical (unpaired) electrons. The molecule has 0 bridgehead atoms. The van der Waals surface area contributed by atoms with Gasteiger partial charge in [0.05, 0.1) is 12.7 Å². The van der Waals surface area contributed by atoms with E-state index in [4.69, 9.17) is 4.74 Å². The molecule has 5 nitrogen and oxygen atoms in total. The lowest BCUT2D eigenvalue weighted by Gasteiger charge is -2.30. The average Bonchev–Trinajstić information content (AvgIpc) is 2.46. The van der Waals surface area contributed by atoms with Crippen LogP contribution in [0.3, 0.4) is 0 Å². The number of aryl methyl sites for hydroxylation is 1. The Labute approximate surface area is 129 Å². The number of benzene rings is 1. The third-order valence-corrected chi connectivity index (χ3v) is 3.94. The van der Waals surface area contributed by atoms with Gasteiger partial charge in [-0.1, -0.05) is 29.8 Å². The number of ether oxygens (including phenoxy) is 1. The molecule has 116 valence electrons. The molecule has 1 aliphatic rings. The Hall–Kier alpha value is -2.43. The summed E-state index contributed by atoms with van der Waals surface area (Å²) in [4.78, 5) is 28.1. The highest BCUT2D eigenvalue weighted by molar-refractivity contribution is 6.06. The van der Waals surface area contributed by atoms with Crippen LogP contribution in [0.1, 0.15) is 30.9 Å². The van der Waals surface area contributed by atoms with E-state index < -0.39 is 23.8 Å². The number of esters is 1. The van der Waals surface area contributed by atoms with Crippen molar-refractivity contribution in [2.45, 2.75) is 26.7 Å². The van der Waals surface area contributed by atoms with Gasteiger partial charge in [-0.25, -0.2) is 4.79 Å². The number of aliphatic imine (C=N–C) groups is 1. The normalized spacial score (nSPS) is 21.4. The van der Waals surface area contributed by atoms with Gasteiger partial charge in [0.1, 0.15) is 5.92 Å². The maximum Gasteiger partial charge on any atom is 0.336 e. The molecule has 1 N–H and O–H groups in total. The van der Waals surface area contributed by atoms with Crippen molar-refractivity contribution in [2.75, 3.05) is 7.11 Å². The van der Waals surface area contributed by atoms with E-state index in [1.807, 2.05) is 31.2 Å². The molecule has 2 atom stereocenters. The second kappa shape index (κ2) is 6.13. The van der Waals surface area contributed by atoms with Crippen LogP contribution in [0, 0.1) is 12.8 Å². The summed E-state index contributed by atoms with van der Waals surface area (Å²) < 4.78 is 4.84. The molecule has 1 aromatic rings. The number of hydrogen-bond acceptors (Lipinski definition) is 4. The lowest BCUT2D eigenvalue weighted by atomic mass is 9.75. The van der Waals surface area contributed by atoms with Crippen molar-refractivity contribution in [3.8, 4) is 0 Å². The van der Waals surface area contributed by atoms with E-state index in [2.05, 4.69) is 4.99 Å². The molecule has 0 spiro atoms. The summed E-state index contributed by atoms with van der Waals surface area (Å²) in [6.07, 6.45) is 0. The summed E-state index contributed by atoms with van der Waals surface area (Å²) in [6.45, 7) is 5.33. The van der Waals surface area contributed by atoms with Crippen molar-refractivity contribution >= 4 is 17.7 Å². The largest absolute Gasteiger partial charge is 0.481 e. The molecule has 2 rings (SSSR count). The minimum atomic E-state index is -0.999. The monoisotopic (exact) mass is 301 g/mol. The van der Waals surface area contributed by atoms with Gasteiger partial charge in [-0.15, -0.1) is 0 Å². The number of carboxylic acids is 1. The third kappa shape index (κ3) is 2.79. The van der Waals surface area contributed by atoms with Crippen LogP contribution >= 0.6 is 0 Å². The molecule has 1 heterocycles. The molecule has 22 heavy (non-hydrogen) atoms. The van der Waals surface area contributed by atoms with E-state index in [1.165, 1.54) is 7.11 Å². The molecule has 5 heteroatoms. The van der Waals surface area contributed by atoms with E-state index in [1.54, 1.807) is 13.8 Å². The number of aliphatic carboxylic acids is 1. The number of carbonyl (C=O) groups excluding carboxylic acids is 1. The van der Waals surface area contributed by atoms with Gasteiger partial charge in [0, 0.05) is 17.3 Å². The first-order valence-electron chi connectivity index (χ1n) is 7.00. The number of rotatable bonds is 3. The highest BCUT2D eigenvalue weighted by Gasteiger charge is 2.41. The second-order valence-corrected chi connectivity index (χ2v) is 5.45. The van der Waals surface area contributed by atoms with Gasteiger partial charge in [0.25, 0.3) is 0 Å². The smallest absolute Gasteiger partial charge is 0.336 e. The van der Waals surface area contributed by atoms with Crippen molar-refractivity contribution in [3.63, 3.8) is 0 Å². The Morgan fingerprint density at radius 3 is 2.23 bits per heavy atom. The van der Waals surface area contributed by atoms with Crippen molar-refractivity contribution in [2.24, 2.45) is 10.9 Å². The predicted octanol–water partition coefficient (Wildman–Crippen LogP) is 2.70. The van der Waals surface area contributed by atoms with Crippen molar-refractivity contribution in [1.29, 1.82) is 0 Å². The first kappa shape index (κ1) is 15.9. The Morgan fingerprint density at radius 2 is 1.73 bits per heavy atom. The summed E-state index contributed by atoms with van der Waals surface area (Å²) in [7, 11) is 1.29. The maximum absolute atomic E-state index is 12.2. The van der Waals surface area contributed by atoms with Gasteiger partial charge in [-0.05, 0) is 26.3 Å². The van der Waals surface area contributed by atoms with E-state index in [-0.39, 0.29) is 0 Å². The van der Waals surface area contributed by atoms with Crippen LogP contribution in [-0.2, 0) is 14.3 Å². The number of hydrogen-bond donors (Lipinski definition) is 1. The lowest BCUT2D eigenvalue weighted by Crippen LogP contribution is -2.35. The van der Waals surface area contributed by atoms with Crippen LogP contribution in [0.15, 0.2) is 40.5 Å². The molecular formula is C17H19NO4. The van der Waals surface area contributed by atoms with E-state index in [0.29, 0.717) is 17.0 Å². The van der Waals surface area contributed by atoms with Crippen LogP contribution in [0.5, 0.6) is 0 Å². The predicted molar refractivity (Wildman–Crippen MR) is 82.9 cm³/mol. The standard InChI is InChI=1S/C17H19NO4/c1-9-5-7-12(8-6-9)15-13(16(19)20)10(2)18-11(3)14(15)17(21)22-4/h5-8,13,15H,1-4H3,(H,19,20). The maximum atomic E-state index is 12.2. The molecule has 0 saturated heterocycles. The van der Waals surface area contributed by atoms with Gasteiger partial charge in [-0.3, -0.25) is 9.79 Å². The fourth-order valence-corrected chi connectivity index (χ4v) is 2.87. The molecule has 2 unspecified atom stereocenters.